The molecule has 0 radical (unpaired) electrons. The Morgan fingerprint density at radius 1 is 1.21 bits per heavy atom. The largest absolute Gasteiger partial charge is 0.485 e. The minimum atomic E-state index is -0.130. The molecule has 1 aromatic carbocycles. The molecule has 0 bridgehead atoms. The molecule has 5 fully saturated rings. The maximum absolute atomic E-state index is 12.9. The second-order valence-corrected chi connectivity index (χ2v) is 10.1. The Balaban J connectivity index is 1.02. The SMILES string of the molecule is O=C1COC2CCN(C(=O)N3CC(Oc4cccc(N5CC6(CCCO6)C5)c4Cl)C3)C[C@H]2N1. The molecule has 33 heavy (non-hydrogen) atoms. The van der Waals surface area contributed by atoms with Crippen molar-refractivity contribution in [2.75, 3.05) is 57.4 Å². The standard InChI is InChI=1S/C23H29ClN4O5/c24-21-17(28-13-23(14-28)6-2-8-32-23)3-1-4-19(21)33-15-9-27(10-15)22(30)26-7-5-18-16(11-26)25-20(29)12-31-18/h1,3-4,15-16,18H,2,5-14H2,(H,25,29)/t16-,18?/m1/s1. The van der Waals surface area contributed by atoms with Gasteiger partial charge < -0.3 is 34.2 Å². The summed E-state index contributed by atoms with van der Waals surface area (Å²) in [5, 5.41) is 3.55. The topological polar surface area (TPSA) is 83.6 Å². The summed E-state index contributed by atoms with van der Waals surface area (Å²) >= 11 is 6.69. The van der Waals surface area contributed by atoms with Crippen LogP contribution >= 0.6 is 11.6 Å². The van der Waals surface area contributed by atoms with Crippen molar-refractivity contribution in [1.82, 2.24) is 15.1 Å². The fraction of sp³-hybridized carbons (Fsp3) is 0.652. The van der Waals surface area contributed by atoms with E-state index in [9.17, 15) is 9.59 Å². The Morgan fingerprint density at radius 2 is 2.06 bits per heavy atom. The van der Waals surface area contributed by atoms with Crippen molar-refractivity contribution in [3.63, 3.8) is 0 Å². The normalized spacial score (nSPS) is 28.8. The molecule has 5 heterocycles. The van der Waals surface area contributed by atoms with Crippen molar-refractivity contribution < 1.29 is 23.8 Å². The lowest BCUT2D eigenvalue weighted by atomic mass is 9.90. The fourth-order valence-corrected chi connectivity index (χ4v) is 5.87. The number of nitrogens with one attached hydrogen (secondary N) is 1. The summed E-state index contributed by atoms with van der Waals surface area (Å²) in [7, 11) is 0. The predicted octanol–water partition coefficient (Wildman–Crippen LogP) is 1.48. The van der Waals surface area contributed by atoms with E-state index in [1.54, 1.807) is 9.80 Å². The molecule has 0 aliphatic carbocycles. The van der Waals surface area contributed by atoms with Gasteiger partial charge in [0.2, 0.25) is 5.91 Å². The third-order valence-corrected chi connectivity index (χ3v) is 7.81. The van der Waals surface area contributed by atoms with Crippen LogP contribution in [0.1, 0.15) is 19.3 Å². The number of fused-ring (bicyclic) bond motifs is 1. The van der Waals surface area contributed by atoms with Crippen LogP contribution in [-0.2, 0) is 14.3 Å². The molecule has 6 rings (SSSR count). The Hall–Kier alpha value is -2.23. The van der Waals surface area contributed by atoms with E-state index >= 15 is 0 Å². The molecular weight excluding hydrogens is 448 g/mol. The zero-order valence-electron chi connectivity index (χ0n) is 18.5. The second kappa shape index (κ2) is 8.21. The van der Waals surface area contributed by atoms with E-state index < -0.39 is 0 Å². The highest BCUT2D eigenvalue weighted by molar-refractivity contribution is 6.34. The summed E-state index contributed by atoms with van der Waals surface area (Å²) in [6, 6.07) is 5.72. The molecule has 1 aromatic rings. The van der Waals surface area contributed by atoms with Gasteiger partial charge in [-0.05, 0) is 31.4 Å². The van der Waals surface area contributed by atoms with Crippen LogP contribution in [0.3, 0.4) is 0 Å². The van der Waals surface area contributed by atoms with Crippen LogP contribution in [0, 0.1) is 0 Å². The molecule has 1 spiro atoms. The van der Waals surface area contributed by atoms with Crippen LogP contribution in [0.25, 0.3) is 0 Å². The van der Waals surface area contributed by atoms with Crippen LogP contribution < -0.4 is 15.0 Å². The highest BCUT2D eigenvalue weighted by atomic mass is 35.5. The van der Waals surface area contributed by atoms with E-state index in [4.69, 9.17) is 25.8 Å². The van der Waals surface area contributed by atoms with Gasteiger partial charge in [0.1, 0.15) is 29.1 Å². The molecule has 1 N–H and O–H groups in total. The number of nitrogens with zero attached hydrogens (tertiary/aromatic N) is 3. The van der Waals surface area contributed by atoms with Gasteiger partial charge in [-0.25, -0.2) is 4.79 Å². The number of urea groups is 1. The van der Waals surface area contributed by atoms with Gasteiger partial charge >= 0.3 is 6.03 Å². The zero-order valence-corrected chi connectivity index (χ0v) is 19.3. The molecule has 3 amide bonds. The van der Waals surface area contributed by atoms with Gasteiger partial charge in [-0.2, -0.15) is 0 Å². The lowest BCUT2D eigenvalue weighted by Gasteiger charge is -2.49. The van der Waals surface area contributed by atoms with Crippen LogP contribution in [0.15, 0.2) is 18.2 Å². The van der Waals surface area contributed by atoms with Crippen molar-refractivity contribution in [3.05, 3.63) is 23.2 Å². The van der Waals surface area contributed by atoms with Crippen molar-refractivity contribution >= 4 is 29.2 Å². The Morgan fingerprint density at radius 3 is 2.85 bits per heavy atom. The van der Waals surface area contributed by atoms with Crippen LogP contribution in [-0.4, -0.2) is 98.1 Å². The molecule has 9 nitrogen and oxygen atoms in total. The first-order valence-electron chi connectivity index (χ1n) is 11.8. The molecule has 5 saturated heterocycles. The van der Waals surface area contributed by atoms with Gasteiger partial charge in [0, 0.05) is 32.8 Å². The number of likely N-dealkylation sites (tertiary alicyclic amines) is 2. The first-order chi connectivity index (χ1) is 16.0. The third kappa shape index (κ3) is 3.90. The van der Waals surface area contributed by atoms with Gasteiger partial charge in [-0.15, -0.1) is 0 Å². The minimum Gasteiger partial charge on any atom is -0.485 e. The van der Waals surface area contributed by atoms with Gasteiger partial charge in [-0.3, -0.25) is 4.79 Å². The lowest BCUT2D eigenvalue weighted by molar-refractivity contribution is -0.139. The number of amides is 3. The number of ether oxygens (including phenoxy) is 3. The fourth-order valence-electron chi connectivity index (χ4n) is 5.58. The molecular formula is C23H29ClN4O5. The van der Waals surface area contributed by atoms with Gasteiger partial charge in [0.15, 0.2) is 0 Å². The van der Waals surface area contributed by atoms with Gasteiger partial charge in [-0.1, -0.05) is 17.7 Å². The molecule has 10 heteroatoms. The van der Waals surface area contributed by atoms with Gasteiger partial charge in [0.25, 0.3) is 0 Å². The average molecular weight is 477 g/mol. The van der Waals surface area contributed by atoms with Crippen molar-refractivity contribution in [3.8, 4) is 5.75 Å². The summed E-state index contributed by atoms with van der Waals surface area (Å²) < 4.78 is 17.6. The number of hydrogen-bond acceptors (Lipinski definition) is 6. The maximum atomic E-state index is 12.9. The molecule has 178 valence electrons. The lowest BCUT2D eigenvalue weighted by Crippen LogP contribution is -2.65. The number of halogens is 1. The van der Waals surface area contributed by atoms with E-state index in [2.05, 4.69) is 10.2 Å². The van der Waals surface area contributed by atoms with E-state index in [1.165, 1.54) is 0 Å². The van der Waals surface area contributed by atoms with Gasteiger partial charge in [0.05, 0.1) is 30.9 Å². The Labute approximate surface area is 197 Å². The quantitative estimate of drug-likeness (QED) is 0.711. The maximum Gasteiger partial charge on any atom is 0.320 e. The Bertz CT molecular complexity index is 941. The Kier molecular flexibility index (Phi) is 5.31. The van der Waals surface area contributed by atoms with E-state index in [1.807, 2.05) is 18.2 Å². The number of carbonyl (C=O) groups excluding carboxylic acids is 2. The number of carbonyl (C=O) groups is 2. The molecule has 1 unspecified atom stereocenters. The molecule has 0 aromatic heterocycles. The highest BCUT2D eigenvalue weighted by Gasteiger charge is 2.47. The number of piperidine rings is 1. The summed E-state index contributed by atoms with van der Waals surface area (Å²) in [5.74, 6) is 0.536. The van der Waals surface area contributed by atoms with Crippen LogP contribution in [0.2, 0.25) is 5.02 Å². The number of benzene rings is 1. The van der Waals surface area contributed by atoms with Crippen molar-refractivity contribution in [2.24, 2.45) is 0 Å². The number of anilines is 1. The molecule has 0 saturated carbocycles. The summed E-state index contributed by atoms with van der Waals surface area (Å²) in [5.41, 5.74) is 0.984. The van der Waals surface area contributed by atoms with Crippen molar-refractivity contribution in [1.29, 1.82) is 0 Å². The first kappa shape index (κ1) is 21.3. The number of rotatable bonds is 3. The highest BCUT2D eigenvalue weighted by Crippen LogP contribution is 2.43. The number of hydrogen-bond donors (Lipinski definition) is 1. The van der Waals surface area contributed by atoms with Crippen LogP contribution in [0.4, 0.5) is 10.5 Å². The first-order valence-corrected chi connectivity index (χ1v) is 12.2. The van der Waals surface area contributed by atoms with Crippen LogP contribution in [0.5, 0.6) is 5.75 Å². The van der Waals surface area contributed by atoms with E-state index in [0.29, 0.717) is 37.0 Å². The smallest absolute Gasteiger partial charge is 0.320 e. The zero-order chi connectivity index (χ0) is 22.6. The second-order valence-electron chi connectivity index (χ2n) is 9.77. The molecule has 2 atom stereocenters. The summed E-state index contributed by atoms with van der Waals surface area (Å²) in [6.45, 7) is 4.84. The average Bonchev–Trinajstić information content (AvgIpc) is 3.25. The number of morpholine rings is 1. The third-order valence-electron chi connectivity index (χ3n) is 7.43. The molecule has 5 aliphatic rings. The summed E-state index contributed by atoms with van der Waals surface area (Å²) in [6.07, 6.45) is 2.88. The summed E-state index contributed by atoms with van der Waals surface area (Å²) in [4.78, 5) is 30.3. The van der Waals surface area contributed by atoms with Crippen molar-refractivity contribution in [2.45, 2.75) is 43.1 Å². The van der Waals surface area contributed by atoms with E-state index in [0.717, 1.165) is 44.6 Å². The monoisotopic (exact) mass is 476 g/mol. The van der Waals surface area contributed by atoms with E-state index in [-0.39, 0.29) is 42.4 Å². The minimum absolute atomic E-state index is 0.00448. The predicted molar refractivity (Wildman–Crippen MR) is 121 cm³/mol. The molecule has 5 aliphatic heterocycles.